The summed E-state index contributed by atoms with van der Waals surface area (Å²) < 4.78 is 13.6. The summed E-state index contributed by atoms with van der Waals surface area (Å²) >= 11 is 0. The molecule has 5 nitrogen and oxygen atoms in total. The molecule has 0 saturated carbocycles. The Kier molecular flexibility index (Phi) is 4.90. The second kappa shape index (κ2) is 6.67. The summed E-state index contributed by atoms with van der Waals surface area (Å²) in [6, 6.07) is 5.72. The number of halogens is 1. The van der Waals surface area contributed by atoms with Crippen LogP contribution in [0.4, 0.5) is 4.39 Å². The highest BCUT2D eigenvalue weighted by Crippen LogP contribution is 2.17. The molecule has 0 aliphatic carbocycles. The molecule has 0 spiro atoms. The van der Waals surface area contributed by atoms with Crippen molar-refractivity contribution in [3.05, 3.63) is 35.6 Å². The average molecular weight is 294 g/mol. The Balaban J connectivity index is 1.94. The first-order valence-electron chi connectivity index (χ1n) is 6.93. The van der Waals surface area contributed by atoms with Crippen molar-refractivity contribution < 1.29 is 19.1 Å². The molecule has 6 heteroatoms. The van der Waals surface area contributed by atoms with Gasteiger partial charge in [0.2, 0.25) is 5.91 Å². The molecule has 1 aliphatic rings. The zero-order valence-corrected chi connectivity index (χ0v) is 12.0. The number of likely N-dealkylation sites (N-methyl/N-ethyl adjacent to an activating group) is 1. The van der Waals surface area contributed by atoms with E-state index >= 15 is 0 Å². The van der Waals surface area contributed by atoms with Crippen LogP contribution in [0.2, 0.25) is 0 Å². The van der Waals surface area contributed by atoms with E-state index in [1.54, 1.807) is 30.1 Å². The molecule has 21 heavy (non-hydrogen) atoms. The van der Waals surface area contributed by atoms with E-state index in [1.165, 1.54) is 11.0 Å². The van der Waals surface area contributed by atoms with Crippen molar-refractivity contribution in [2.45, 2.75) is 25.4 Å². The molecule has 1 aromatic rings. The number of carbonyl (C=O) groups excluding carboxylic acids is 1. The second-order valence-electron chi connectivity index (χ2n) is 5.31. The quantitative estimate of drug-likeness (QED) is 0.890. The number of carbonyl (C=O) groups is 2. The van der Waals surface area contributed by atoms with Gasteiger partial charge in [0.15, 0.2) is 0 Å². The molecule has 0 aromatic heterocycles. The van der Waals surface area contributed by atoms with E-state index in [1.807, 2.05) is 0 Å². The summed E-state index contributed by atoms with van der Waals surface area (Å²) in [7, 11) is 1.60. The highest BCUT2D eigenvalue weighted by Gasteiger charge is 2.32. The maximum Gasteiger partial charge on any atom is 0.320 e. The van der Waals surface area contributed by atoms with Crippen molar-refractivity contribution in [2.75, 3.05) is 20.1 Å². The molecule has 2 rings (SSSR count). The SMILES string of the molecule is CN(Cc1ccccc1F)C(=O)CN1CCC[C@@H]1C(=O)O. The molecule has 1 atom stereocenters. The van der Waals surface area contributed by atoms with Gasteiger partial charge >= 0.3 is 5.97 Å². The Morgan fingerprint density at radius 2 is 2.14 bits per heavy atom. The van der Waals surface area contributed by atoms with Crippen LogP contribution < -0.4 is 0 Å². The Morgan fingerprint density at radius 1 is 1.43 bits per heavy atom. The number of aliphatic carboxylic acids is 1. The van der Waals surface area contributed by atoms with Gasteiger partial charge in [-0.05, 0) is 25.5 Å². The van der Waals surface area contributed by atoms with Crippen LogP contribution >= 0.6 is 0 Å². The van der Waals surface area contributed by atoms with E-state index in [0.717, 1.165) is 6.42 Å². The third-order valence-electron chi connectivity index (χ3n) is 3.78. The number of hydrogen-bond donors (Lipinski definition) is 1. The summed E-state index contributed by atoms with van der Waals surface area (Å²) in [5, 5.41) is 9.09. The van der Waals surface area contributed by atoms with E-state index in [-0.39, 0.29) is 24.8 Å². The molecule has 1 aliphatic heterocycles. The lowest BCUT2D eigenvalue weighted by Gasteiger charge is -2.24. The molecule has 114 valence electrons. The molecule has 0 radical (unpaired) electrons. The maximum absolute atomic E-state index is 13.6. The minimum absolute atomic E-state index is 0.0575. The summed E-state index contributed by atoms with van der Waals surface area (Å²) in [6.07, 6.45) is 1.35. The van der Waals surface area contributed by atoms with E-state index in [4.69, 9.17) is 5.11 Å². The van der Waals surface area contributed by atoms with Crippen LogP contribution in [0.25, 0.3) is 0 Å². The van der Waals surface area contributed by atoms with Crippen molar-refractivity contribution in [2.24, 2.45) is 0 Å². The smallest absolute Gasteiger partial charge is 0.320 e. The third-order valence-corrected chi connectivity index (χ3v) is 3.78. The molecule has 1 saturated heterocycles. The first-order valence-corrected chi connectivity index (χ1v) is 6.93. The number of nitrogens with zero attached hydrogens (tertiary/aromatic N) is 2. The number of carboxylic acid groups (broad SMARTS) is 1. The third kappa shape index (κ3) is 3.78. The van der Waals surface area contributed by atoms with E-state index in [9.17, 15) is 14.0 Å². The Bertz CT molecular complexity index is 535. The molecule has 1 aromatic carbocycles. The number of carboxylic acids is 1. The van der Waals surface area contributed by atoms with Gasteiger partial charge in [0, 0.05) is 19.2 Å². The van der Waals surface area contributed by atoms with Gasteiger partial charge in [0.05, 0.1) is 6.54 Å². The monoisotopic (exact) mass is 294 g/mol. The van der Waals surface area contributed by atoms with Crippen LogP contribution in [0.15, 0.2) is 24.3 Å². The van der Waals surface area contributed by atoms with Gasteiger partial charge in [-0.15, -0.1) is 0 Å². The zero-order chi connectivity index (χ0) is 15.4. The second-order valence-corrected chi connectivity index (χ2v) is 5.31. The lowest BCUT2D eigenvalue weighted by atomic mass is 10.2. The summed E-state index contributed by atoms with van der Waals surface area (Å²) in [5.74, 6) is -1.44. The van der Waals surface area contributed by atoms with E-state index in [2.05, 4.69) is 0 Å². The fraction of sp³-hybridized carbons (Fsp3) is 0.467. The molecule has 1 amide bonds. The lowest BCUT2D eigenvalue weighted by Crippen LogP contribution is -2.43. The topological polar surface area (TPSA) is 60.9 Å². The molecular formula is C15H19FN2O3. The molecular weight excluding hydrogens is 275 g/mol. The van der Waals surface area contributed by atoms with Gasteiger partial charge in [-0.1, -0.05) is 18.2 Å². The minimum Gasteiger partial charge on any atom is -0.480 e. The number of likely N-dealkylation sites (tertiary alicyclic amines) is 1. The normalized spacial score (nSPS) is 18.7. The van der Waals surface area contributed by atoms with Gasteiger partial charge in [-0.2, -0.15) is 0 Å². The minimum atomic E-state index is -0.892. The first kappa shape index (κ1) is 15.4. The van der Waals surface area contributed by atoms with Crippen molar-refractivity contribution in [3.63, 3.8) is 0 Å². The van der Waals surface area contributed by atoms with Crippen LogP contribution in [-0.4, -0.2) is 53.0 Å². The molecule has 1 heterocycles. The van der Waals surface area contributed by atoms with Crippen LogP contribution in [0.1, 0.15) is 18.4 Å². The number of benzene rings is 1. The Labute approximate surface area is 123 Å². The average Bonchev–Trinajstić information content (AvgIpc) is 2.89. The highest BCUT2D eigenvalue weighted by molar-refractivity contribution is 5.80. The van der Waals surface area contributed by atoms with Crippen molar-refractivity contribution >= 4 is 11.9 Å². The van der Waals surface area contributed by atoms with Crippen LogP contribution in [0, 0.1) is 5.82 Å². The van der Waals surface area contributed by atoms with Gasteiger partial charge in [-0.3, -0.25) is 14.5 Å². The summed E-state index contributed by atoms with van der Waals surface area (Å²) in [6.45, 7) is 0.843. The van der Waals surface area contributed by atoms with E-state index in [0.29, 0.717) is 18.5 Å². The largest absolute Gasteiger partial charge is 0.480 e. The molecule has 0 unspecified atom stereocenters. The number of hydrogen-bond acceptors (Lipinski definition) is 3. The van der Waals surface area contributed by atoms with Crippen LogP contribution in [0.5, 0.6) is 0 Å². The zero-order valence-electron chi connectivity index (χ0n) is 12.0. The van der Waals surface area contributed by atoms with Crippen molar-refractivity contribution in [3.8, 4) is 0 Å². The van der Waals surface area contributed by atoms with Gasteiger partial charge in [-0.25, -0.2) is 4.39 Å². The van der Waals surface area contributed by atoms with Crippen LogP contribution in [-0.2, 0) is 16.1 Å². The highest BCUT2D eigenvalue weighted by atomic mass is 19.1. The summed E-state index contributed by atoms with van der Waals surface area (Å²) in [5.41, 5.74) is 0.449. The Morgan fingerprint density at radius 3 is 2.81 bits per heavy atom. The lowest BCUT2D eigenvalue weighted by molar-refractivity contribution is -0.143. The van der Waals surface area contributed by atoms with Crippen LogP contribution in [0.3, 0.4) is 0 Å². The van der Waals surface area contributed by atoms with Gasteiger partial charge < -0.3 is 10.0 Å². The molecule has 1 fully saturated rings. The number of rotatable bonds is 5. The first-order chi connectivity index (χ1) is 9.99. The number of amides is 1. The predicted octanol–water partition coefficient (Wildman–Crippen LogP) is 1.33. The van der Waals surface area contributed by atoms with Gasteiger partial charge in [0.1, 0.15) is 11.9 Å². The van der Waals surface area contributed by atoms with E-state index < -0.39 is 12.0 Å². The summed E-state index contributed by atoms with van der Waals surface area (Å²) in [4.78, 5) is 26.3. The standard InChI is InChI=1S/C15H19FN2O3/c1-17(9-11-5-2-3-6-12(11)16)14(19)10-18-8-4-7-13(18)15(20)21/h2-3,5-6,13H,4,7-10H2,1H3,(H,20,21)/t13-/m1/s1. The Hall–Kier alpha value is -1.95. The molecule has 0 bridgehead atoms. The van der Waals surface area contributed by atoms with Crippen molar-refractivity contribution in [1.29, 1.82) is 0 Å². The van der Waals surface area contributed by atoms with Crippen molar-refractivity contribution in [1.82, 2.24) is 9.80 Å². The fourth-order valence-corrected chi connectivity index (χ4v) is 2.56. The molecule has 1 N–H and O–H groups in total. The van der Waals surface area contributed by atoms with Gasteiger partial charge in [0.25, 0.3) is 0 Å². The predicted molar refractivity (Wildman–Crippen MR) is 75.1 cm³/mol. The fourth-order valence-electron chi connectivity index (χ4n) is 2.56. The maximum atomic E-state index is 13.6.